The van der Waals surface area contributed by atoms with Crippen LogP contribution in [0.5, 0.6) is 11.5 Å². The van der Waals surface area contributed by atoms with Gasteiger partial charge in [-0.2, -0.15) is 8.42 Å². The van der Waals surface area contributed by atoms with E-state index in [4.69, 9.17) is 9.08 Å². The van der Waals surface area contributed by atoms with E-state index >= 15 is 0 Å². The van der Waals surface area contributed by atoms with Crippen LogP contribution in [-0.4, -0.2) is 13.0 Å². The Labute approximate surface area is 105 Å². The van der Waals surface area contributed by atoms with E-state index in [0.717, 1.165) is 6.07 Å². The van der Waals surface area contributed by atoms with Crippen LogP contribution in [0, 0.1) is 0 Å². The summed E-state index contributed by atoms with van der Waals surface area (Å²) < 4.78 is 50.6. The van der Waals surface area contributed by atoms with Crippen molar-refractivity contribution < 1.29 is 52.8 Å². The normalized spacial score (nSPS) is 18.3. The van der Waals surface area contributed by atoms with Crippen LogP contribution >= 0.6 is 8.25 Å². The number of para-hydroxylation sites is 1. The number of hydrogen-bond acceptors (Lipinski definition) is 5. The first-order valence-electron chi connectivity index (χ1n) is 3.48. The molecule has 1 N–H and O–H groups in total. The molecule has 1 unspecified atom stereocenters. The zero-order valence-electron chi connectivity index (χ0n) is 7.13. The maximum absolute atomic E-state index is 10.8. The molecule has 1 heterocycles. The molecule has 0 aliphatic carbocycles. The summed E-state index contributed by atoms with van der Waals surface area (Å²) in [5.41, 5.74) is 0. The summed E-state index contributed by atoms with van der Waals surface area (Å²) in [5.74, 6) is -0.136. The molecule has 2 rings (SSSR count). The number of fused-ring (bicyclic) bond motifs is 1. The second kappa shape index (κ2) is 4.38. The number of rotatable bonds is 1. The third kappa shape index (κ3) is 2.50. The molecule has 15 heavy (non-hydrogen) atoms. The van der Waals surface area contributed by atoms with E-state index in [-0.39, 0.29) is 37.7 Å². The van der Waals surface area contributed by atoms with Crippen molar-refractivity contribution in [2.24, 2.45) is 0 Å². The van der Waals surface area contributed by atoms with Crippen molar-refractivity contribution in [1.29, 1.82) is 0 Å². The largest absolute Gasteiger partial charge is 0.419 e. The number of benzene rings is 1. The molecule has 80 valence electrons. The van der Waals surface area contributed by atoms with Gasteiger partial charge in [0.05, 0.1) is 0 Å². The maximum Gasteiger partial charge on any atom is 0.419 e. The zero-order valence-corrected chi connectivity index (χ0v) is 11.4. The smallest absolute Gasteiger partial charge is 0.414 e. The molecule has 0 bridgehead atoms. The maximum atomic E-state index is 10.8. The van der Waals surface area contributed by atoms with Crippen LogP contribution in [0.3, 0.4) is 0 Å². The monoisotopic (exact) mass is 326 g/mol. The van der Waals surface area contributed by atoms with Crippen LogP contribution in [0.25, 0.3) is 0 Å². The molecular weight excluding hydrogens is 322 g/mol. The molecule has 1 atom stereocenters. The van der Waals surface area contributed by atoms with Crippen molar-refractivity contribution in [1.82, 2.24) is 0 Å². The predicted molar refractivity (Wildman–Crippen MR) is 46.5 cm³/mol. The fourth-order valence-corrected chi connectivity index (χ4v) is 2.53. The van der Waals surface area contributed by atoms with E-state index in [2.05, 4.69) is 4.52 Å². The van der Waals surface area contributed by atoms with E-state index < -0.39 is 23.3 Å². The molecule has 6 nitrogen and oxygen atoms in total. The van der Waals surface area contributed by atoms with Gasteiger partial charge in [-0.05, 0) is 12.1 Å². The molecule has 0 radical (unpaired) electrons. The SMILES string of the molecule is O=[PH]1Oc2cccc(S(=O)(=O)O)c2O1.[Zr]. The van der Waals surface area contributed by atoms with E-state index in [1.165, 1.54) is 12.1 Å². The number of hydrogen-bond donors (Lipinski definition) is 1. The van der Waals surface area contributed by atoms with Gasteiger partial charge in [-0.15, -0.1) is 0 Å². The quantitative estimate of drug-likeness (QED) is 0.613. The molecule has 0 amide bonds. The van der Waals surface area contributed by atoms with Gasteiger partial charge in [0.1, 0.15) is 4.90 Å². The van der Waals surface area contributed by atoms with Crippen LogP contribution in [0.15, 0.2) is 23.1 Å². The fourth-order valence-electron chi connectivity index (χ4n) is 1.07. The Morgan fingerprint density at radius 2 is 1.93 bits per heavy atom. The molecule has 0 fully saturated rings. The topological polar surface area (TPSA) is 89.9 Å². The van der Waals surface area contributed by atoms with Gasteiger partial charge in [-0.25, -0.2) is 4.57 Å². The molecule has 9 heteroatoms. The second-order valence-corrected chi connectivity index (χ2v) is 4.81. The minimum Gasteiger partial charge on any atom is -0.414 e. The van der Waals surface area contributed by atoms with Gasteiger partial charge in [0.25, 0.3) is 10.1 Å². The van der Waals surface area contributed by atoms with Crippen LogP contribution in [0.2, 0.25) is 0 Å². The van der Waals surface area contributed by atoms with Gasteiger partial charge in [-0.3, -0.25) is 4.55 Å². The molecule has 1 aliphatic heterocycles. The first kappa shape index (κ1) is 12.9. The third-order valence-electron chi connectivity index (χ3n) is 1.60. The van der Waals surface area contributed by atoms with E-state index in [1.54, 1.807) is 0 Å². The van der Waals surface area contributed by atoms with Crippen LogP contribution in [0.1, 0.15) is 0 Å². The molecule has 1 aromatic carbocycles. The van der Waals surface area contributed by atoms with E-state index in [1.807, 2.05) is 0 Å². The summed E-state index contributed by atoms with van der Waals surface area (Å²) in [4.78, 5) is -0.439. The van der Waals surface area contributed by atoms with E-state index in [0.29, 0.717) is 0 Å². The summed E-state index contributed by atoms with van der Waals surface area (Å²) in [5, 5.41) is 0. The first-order chi connectivity index (χ1) is 6.48. The second-order valence-electron chi connectivity index (χ2n) is 2.51. The van der Waals surface area contributed by atoms with Gasteiger partial charge in [0.15, 0.2) is 11.5 Å². The third-order valence-corrected chi connectivity index (χ3v) is 3.23. The molecule has 0 spiro atoms. The Morgan fingerprint density at radius 1 is 1.27 bits per heavy atom. The molecule has 0 saturated heterocycles. The molecule has 0 saturated carbocycles. The Kier molecular flexibility index (Phi) is 3.77. The van der Waals surface area contributed by atoms with Crippen LogP contribution in [-0.2, 0) is 40.9 Å². The minimum absolute atomic E-state index is 0. The Hall–Kier alpha value is -0.157. The Bertz CT molecular complexity index is 512. The minimum atomic E-state index is -4.38. The van der Waals surface area contributed by atoms with Gasteiger partial charge < -0.3 is 9.05 Å². The summed E-state index contributed by atoms with van der Waals surface area (Å²) in [6.07, 6.45) is 0. The molecule has 1 aliphatic rings. The van der Waals surface area contributed by atoms with E-state index in [9.17, 15) is 13.0 Å². The zero-order chi connectivity index (χ0) is 10.3. The van der Waals surface area contributed by atoms with Crippen molar-refractivity contribution in [2.75, 3.05) is 0 Å². The van der Waals surface area contributed by atoms with Crippen molar-refractivity contribution in [3.8, 4) is 11.5 Å². The molecule has 0 aromatic heterocycles. The van der Waals surface area contributed by atoms with Gasteiger partial charge in [0, 0.05) is 26.2 Å². The first-order valence-corrected chi connectivity index (χ1v) is 6.15. The van der Waals surface area contributed by atoms with Crippen molar-refractivity contribution in [3.63, 3.8) is 0 Å². The molecular formula is C6H5O6PSZr. The average Bonchev–Trinajstić information content (AvgIpc) is 2.41. The van der Waals surface area contributed by atoms with Crippen molar-refractivity contribution >= 4 is 18.4 Å². The average molecular weight is 327 g/mol. The van der Waals surface area contributed by atoms with Gasteiger partial charge in [0.2, 0.25) is 0 Å². The predicted octanol–water partition coefficient (Wildman–Crippen LogP) is 1.09. The summed E-state index contributed by atoms with van der Waals surface area (Å²) in [6.45, 7) is 0. The summed E-state index contributed by atoms with van der Waals surface area (Å²) >= 11 is 0. The van der Waals surface area contributed by atoms with Gasteiger partial charge in [-0.1, -0.05) is 6.07 Å². The van der Waals surface area contributed by atoms with Gasteiger partial charge >= 0.3 is 8.25 Å². The summed E-state index contributed by atoms with van der Waals surface area (Å²) in [7, 11) is -7.10. The standard InChI is InChI=1S/C6H5O6PS.Zr/c7-13-11-4-2-1-3-5(6(4)12-13)14(8,9)10;/h1-3,13H,(H,8,9,10);. The Morgan fingerprint density at radius 3 is 2.53 bits per heavy atom. The summed E-state index contributed by atoms with van der Waals surface area (Å²) in [6, 6.07) is 3.89. The van der Waals surface area contributed by atoms with Crippen LogP contribution < -0.4 is 9.05 Å². The molecule has 1 aromatic rings. The fraction of sp³-hybridized carbons (Fsp3) is 0. The van der Waals surface area contributed by atoms with Crippen LogP contribution in [0.4, 0.5) is 0 Å². The Balaban J connectivity index is 0.00000112. The van der Waals surface area contributed by atoms with Crippen molar-refractivity contribution in [3.05, 3.63) is 18.2 Å². The van der Waals surface area contributed by atoms with Crippen molar-refractivity contribution in [2.45, 2.75) is 4.90 Å².